The first kappa shape index (κ1) is 14.9. The molecule has 4 nitrogen and oxygen atoms in total. The molecule has 4 heteroatoms. The molecule has 124 valence electrons. The van der Waals surface area contributed by atoms with Gasteiger partial charge in [-0.1, -0.05) is 0 Å². The summed E-state index contributed by atoms with van der Waals surface area (Å²) in [5, 5.41) is 0. The highest BCUT2D eigenvalue weighted by molar-refractivity contribution is 5.78. The zero-order valence-corrected chi connectivity index (χ0v) is 13.5. The fourth-order valence-electron chi connectivity index (χ4n) is 5.39. The van der Waals surface area contributed by atoms with Crippen molar-refractivity contribution in [2.75, 3.05) is 26.4 Å². The Kier molecular flexibility index (Phi) is 4.40. The molecule has 1 amide bonds. The Bertz CT molecular complexity index is 393. The largest absolute Gasteiger partial charge is 0.376 e. The second-order valence-corrected chi connectivity index (χ2v) is 7.98. The lowest BCUT2D eigenvalue weighted by atomic mass is 9.68. The molecular formula is C18H29NO3. The van der Waals surface area contributed by atoms with E-state index < -0.39 is 0 Å². The highest BCUT2D eigenvalue weighted by Gasteiger charge is 2.43. The van der Waals surface area contributed by atoms with Crippen LogP contribution in [0, 0.1) is 17.8 Å². The lowest BCUT2D eigenvalue weighted by Gasteiger charge is -2.39. The molecule has 2 aliphatic carbocycles. The van der Waals surface area contributed by atoms with Crippen molar-refractivity contribution in [3.8, 4) is 0 Å². The van der Waals surface area contributed by atoms with E-state index in [1.165, 1.54) is 38.5 Å². The van der Waals surface area contributed by atoms with Gasteiger partial charge in [0.1, 0.15) is 6.61 Å². The van der Waals surface area contributed by atoms with Gasteiger partial charge in [0.25, 0.3) is 0 Å². The monoisotopic (exact) mass is 307 g/mol. The van der Waals surface area contributed by atoms with Crippen molar-refractivity contribution in [3.05, 3.63) is 0 Å². The molecule has 2 saturated carbocycles. The van der Waals surface area contributed by atoms with Gasteiger partial charge in [0.2, 0.25) is 5.91 Å². The maximum atomic E-state index is 12.6. The zero-order chi connectivity index (χ0) is 14.9. The molecule has 5 fully saturated rings. The van der Waals surface area contributed by atoms with E-state index in [-0.39, 0.29) is 18.6 Å². The second kappa shape index (κ2) is 6.48. The van der Waals surface area contributed by atoms with Crippen molar-refractivity contribution in [2.45, 2.75) is 63.5 Å². The lowest BCUT2D eigenvalue weighted by Crippen LogP contribution is -2.44. The predicted octanol–water partition coefficient (Wildman–Crippen LogP) is 2.61. The third kappa shape index (κ3) is 3.18. The Morgan fingerprint density at radius 2 is 1.82 bits per heavy atom. The average Bonchev–Trinajstić information content (AvgIpc) is 2.72. The minimum absolute atomic E-state index is 0.206. The van der Waals surface area contributed by atoms with Crippen LogP contribution < -0.4 is 0 Å². The topological polar surface area (TPSA) is 38.8 Å². The minimum atomic E-state index is 0.206. The number of hydrogen-bond donors (Lipinski definition) is 0. The van der Waals surface area contributed by atoms with E-state index in [1.54, 1.807) is 0 Å². The van der Waals surface area contributed by atoms with Gasteiger partial charge in [0.15, 0.2) is 0 Å². The van der Waals surface area contributed by atoms with Crippen LogP contribution in [0.25, 0.3) is 0 Å². The van der Waals surface area contributed by atoms with Crippen molar-refractivity contribution in [1.82, 2.24) is 4.90 Å². The van der Waals surface area contributed by atoms with Gasteiger partial charge in [-0.15, -0.1) is 0 Å². The number of fused-ring (bicyclic) bond motifs is 1. The first-order chi connectivity index (χ1) is 10.8. The number of hydrogen-bond acceptors (Lipinski definition) is 3. The molecule has 0 N–H and O–H groups in total. The average molecular weight is 307 g/mol. The highest BCUT2D eigenvalue weighted by Crippen LogP contribution is 2.47. The number of carbonyl (C=O) groups excluding carboxylic acids is 1. The number of amides is 1. The van der Waals surface area contributed by atoms with Crippen molar-refractivity contribution in [2.24, 2.45) is 17.8 Å². The van der Waals surface area contributed by atoms with Crippen LogP contribution in [-0.4, -0.2) is 49.3 Å². The number of ether oxygens (including phenoxy) is 2. The van der Waals surface area contributed by atoms with Crippen molar-refractivity contribution >= 4 is 5.91 Å². The summed E-state index contributed by atoms with van der Waals surface area (Å²) in [7, 11) is 0. The van der Waals surface area contributed by atoms with E-state index in [4.69, 9.17) is 9.47 Å². The summed E-state index contributed by atoms with van der Waals surface area (Å²) in [5.41, 5.74) is 0. The Morgan fingerprint density at radius 3 is 2.55 bits per heavy atom. The first-order valence-electron chi connectivity index (χ1n) is 9.26. The predicted molar refractivity (Wildman–Crippen MR) is 83.5 cm³/mol. The molecule has 2 unspecified atom stereocenters. The van der Waals surface area contributed by atoms with E-state index in [2.05, 4.69) is 4.90 Å². The number of nitrogens with zero attached hydrogens (tertiary/aromatic N) is 1. The standard InChI is InChI=1S/C18H29NO3/c20-18(12-21-11-17-3-1-2-4-22-17)19-10-15-6-13-5-14(7-15)9-16(19)8-13/h13-17H,1-12H2/t13-,14+,15?,16?,17-/m0/s1. The summed E-state index contributed by atoms with van der Waals surface area (Å²) in [6.07, 6.45) is 10.3. The van der Waals surface area contributed by atoms with Crippen LogP contribution in [0.2, 0.25) is 0 Å². The van der Waals surface area contributed by atoms with Crippen molar-refractivity contribution < 1.29 is 14.3 Å². The number of carbonyl (C=O) groups is 1. The van der Waals surface area contributed by atoms with Crippen LogP contribution in [0.3, 0.4) is 0 Å². The van der Waals surface area contributed by atoms with Gasteiger partial charge < -0.3 is 14.4 Å². The minimum Gasteiger partial charge on any atom is -0.376 e. The van der Waals surface area contributed by atoms with Gasteiger partial charge in [-0.05, 0) is 69.1 Å². The molecule has 3 aliphatic heterocycles. The van der Waals surface area contributed by atoms with Gasteiger partial charge in [0.05, 0.1) is 12.7 Å². The van der Waals surface area contributed by atoms with Gasteiger partial charge in [-0.25, -0.2) is 0 Å². The van der Waals surface area contributed by atoms with Crippen LogP contribution in [-0.2, 0) is 14.3 Å². The van der Waals surface area contributed by atoms with Crippen LogP contribution in [0.5, 0.6) is 0 Å². The molecule has 0 spiro atoms. The molecule has 0 aromatic heterocycles. The molecule has 5 rings (SSSR count). The normalized spacial score (nSPS) is 40.7. The first-order valence-corrected chi connectivity index (χ1v) is 9.26. The Labute approximate surface area is 133 Å². The Hall–Kier alpha value is -0.610. The van der Waals surface area contributed by atoms with Gasteiger partial charge >= 0.3 is 0 Å². The molecule has 0 aromatic rings. The Morgan fingerprint density at radius 1 is 1.05 bits per heavy atom. The summed E-state index contributed by atoms with van der Waals surface area (Å²) in [6.45, 7) is 2.66. The second-order valence-electron chi connectivity index (χ2n) is 7.98. The van der Waals surface area contributed by atoms with E-state index in [0.29, 0.717) is 12.6 Å². The quantitative estimate of drug-likeness (QED) is 0.801. The summed E-state index contributed by atoms with van der Waals surface area (Å²) in [6, 6.07) is 0.498. The van der Waals surface area contributed by atoms with Crippen molar-refractivity contribution in [1.29, 1.82) is 0 Å². The summed E-state index contributed by atoms with van der Waals surface area (Å²) >= 11 is 0. The molecule has 3 heterocycles. The fraction of sp³-hybridized carbons (Fsp3) is 0.944. The lowest BCUT2D eigenvalue weighted by molar-refractivity contribution is -0.141. The van der Waals surface area contributed by atoms with E-state index in [0.717, 1.165) is 43.7 Å². The molecule has 3 saturated heterocycles. The summed E-state index contributed by atoms with van der Waals surface area (Å²) < 4.78 is 11.4. The molecule has 0 aromatic carbocycles. The third-order valence-corrected chi connectivity index (χ3v) is 6.23. The van der Waals surface area contributed by atoms with Gasteiger partial charge in [0, 0.05) is 19.2 Å². The SMILES string of the molecule is O=C(COC[C@@H]1CCCCO1)N1CC2C[C@@H]3CC1C[C@H](C2)C3. The summed E-state index contributed by atoms with van der Waals surface area (Å²) in [4.78, 5) is 14.8. The van der Waals surface area contributed by atoms with Crippen LogP contribution in [0.1, 0.15) is 51.4 Å². The maximum Gasteiger partial charge on any atom is 0.248 e. The fourth-order valence-corrected chi connectivity index (χ4v) is 5.39. The van der Waals surface area contributed by atoms with Crippen molar-refractivity contribution in [3.63, 3.8) is 0 Å². The number of rotatable bonds is 4. The van der Waals surface area contributed by atoms with Crippen LogP contribution in [0.4, 0.5) is 0 Å². The maximum absolute atomic E-state index is 12.6. The van der Waals surface area contributed by atoms with E-state index in [1.807, 2.05) is 0 Å². The molecule has 5 aliphatic rings. The zero-order valence-electron chi connectivity index (χ0n) is 13.5. The van der Waals surface area contributed by atoms with Crippen LogP contribution in [0.15, 0.2) is 0 Å². The van der Waals surface area contributed by atoms with Gasteiger partial charge in [-0.2, -0.15) is 0 Å². The van der Waals surface area contributed by atoms with Crippen LogP contribution >= 0.6 is 0 Å². The van der Waals surface area contributed by atoms with Gasteiger partial charge in [-0.3, -0.25) is 4.79 Å². The molecular weight excluding hydrogens is 278 g/mol. The molecule has 4 bridgehead atoms. The molecule has 0 radical (unpaired) electrons. The van der Waals surface area contributed by atoms with E-state index in [9.17, 15) is 4.79 Å². The molecule has 5 atom stereocenters. The smallest absolute Gasteiger partial charge is 0.248 e. The third-order valence-electron chi connectivity index (χ3n) is 6.23. The van der Waals surface area contributed by atoms with E-state index >= 15 is 0 Å². The highest BCUT2D eigenvalue weighted by atomic mass is 16.5. The molecule has 22 heavy (non-hydrogen) atoms. The Balaban J connectivity index is 1.29. The summed E-state index contributed by atoms with van der Waals surface area (Å²) in [5.74, 6) is 2.74.